The molecule has 7 heteroatoms. The van der Waals surface area contributed by atoms with E-state index in [1.807, 2.05) is 6.07 Å². The molecule has 1 aromatic carbocycles. The first-order valence-corrected chi connectivity index (χ1v) is 9.28. The zero-order valence-corrected chi connectivity index (χ0v) is 13.9. The third kappa shape index (κ3) is 4.99. The normalized spacial score (nSPS) is 14.5. The molecular weight excluding hydrogens is 302 g/mol. The van der Waals surface area contributed by atoms with E-state index in [0.717, 1.165) is 31.2 Å². The number of anilines is 1. The number of carbonyl (C=O) groups is 1. The fraction of sp³-hybridized carbons (Fsp3) is 0.533. The Balaban J connectivity index is 1.83. The zero-order chi connectivity index (χ0) is 16.2. The summed E-state index contributed by atoms with van der Waals surface area (Å²) in [6.07, 6.45) is 3.44. The summed E-state index contributed by atoms with van der Waals surface area (Å²) in [6.45, 7) is 1.67. The average Bonchev–Trinajstić information content (AvgIpc) is 2.44. The van der Waals surface area contributed by atoms with Gasteiger partial charge in [0.25, 0.3) is 0 Å². The van der Waals surface area contributed by atoms with Gasteiger partial charge >= 0.3 is 0 Å². The van der Waals surface area contributed by atoms with Crippen LogP contribution >= 0.6 is 0 Å². The van der Waals surface area contributed by atoms with Crippen LogP contribution in [0.5, 0.6) is 0 Å². The molecule has 0 spiro atoms. The number of aryl methyl sites for hydroxylation is 1. The van der Waals surface area contributed by atoms with Crippen molar-refractivity contribution in [1.29, 1.82) is 0 Å². The molecule has 0 saturated heterocycles. The van der Waals surface area contributed by atoms with E-state index in [4.69, 9.17) is 0 Å². The highest BCUT2D eigenvalue weighted by atomic mass is 32.2. The maximum atomic E-state index is 11.7. The van der Waals surface area contributed by atoms with Crippen molar-refractivity contribution in [2.75, 3.05) is 31.3 Å². The van der Waals surface area contributed by atoms with Crippen LogP contribution < -0.4 is 14.9 Å². The summed E-state index contributed by atoms with van der Waals surface area (Å²) in [6, 6.07) is 6.26. The fourth-order valence-electron chi connectivity index (χ4n) is 2.59. The van der Waals surface area contributed by atoms with E-state index in [1.165, 1.54) is 11.3 Å². The summed E-state index contributed by atoms with van der Waals surface area (Å²) in [5, 5.41) is 2.82. The lowest BCUT2D eigenvalue weighted by Crippen LogP contribution is -2.30. The third-order valence-corrected chi connectivity index (χ3v) is 4.43. The van der Waals surface area contributed by atoms with Gasteiger partial charge in [0, 0.05) is 38.8 Å². The molecule has 1 amide bonds. The van der Waals surface area contributed by atoms with Gasteiger partial charge in [-0.15, -0.1) is 0 Å². The monoisotopic (exact) mass is 325 g/mol. The second-order valence-corrected chi connectivity index (χ2v) is 7.51. The van der Waals surface area contributed by atoms with E-state index < -0.39 is 10.0 Å². The summed E-state index contributed by atoms with van der Waals surface area (Å²) in [7, 11) is -1.15. The molecule has 6 nitrogen and oxygen atoms in total. The smallest absolute Gasteiger partial charge is 0.221 e. The van der Waals surface area contributed by atoms with Gasteiger partial charge in [0.2, 0.25) is 15.9 Å². The van der Waals surface area contributed by atoms with E-state index in [0.29, 0.717) is 6.54 Å². The molecule has 1 heterocycles. The standard InChI is InChI=1S/C15H23N3O3S/c1-18-9-3-4-13-10-12(5-6-14(13)18)11-16-15(19)7-8-17-22(2,20)21/h5-6,10,17H,3-4,7-9,11H2,1-2H3,(H,16,19). The van der Waals surface area contributed by atoms with Crippen LogP contribution in [0.15, 0.2) is 18.2 Å². The molecule has 0 atom stereocenters. The number of nitrogens with zero attached hydrogens (tertiary/aromatic N) is 1. The maximum absolute atomic E-state index is 11.7. The molecule has 2 N–H and O–H groups in total. The average molecular weight is 325 g/mol. The highest BCUT2D eigenvalue weighted by Crippen LogP contribution is 2.26. The summed E-state index contributed by atoms with van der Waals surface area (Å²) in [5.41, 5.74) is 3.65. The molecule has 2 rings (SSSR count). The van der Waals surface area contributed by atoms with Gasteiger partial charge in [-0.1, -0.05) is 12.1 Å². The number of fused-ring (bicyclic) bond motifs is 1. The second-order valence-electron chi connectivity index (χ2n) is 5.68. The van der Waals surface area contributed by atoms with Crippen molar-refractivity contribution in [2.24, 2.45) is 0 Å². The minimum atomic E-state index is -3.24. The predicted octanol–water partition coefficient (Wildman–Crippen LogP) is 0.625. The molecule has 22 heavy (non-hydrogen) atoms. The summed E-state index contributed by atoms with van der Waals surface area (Å²) < 4.78 is 24.1. The Morgan fingerprint density at radius 2 is 2.14 bits per heavy atom. The molecule has 0 fully saturated rings. The highest BCUT2D eigenvalue weighted by molar-refractivity contribution is 7.88. The second kappa shape index (κ2) is 7.11. The van der Waals surface area contributed by atoms with E-state index in [9.17, 15) is 13.2 Å². The molecular formula is C15H23N3O3S. The number of rotatable bonds is 6. The Kier molecular flexibility index (Phi) is 5.42. The Morgan fingerprint density at radius 1 is 1.36 bits per heavy atom. The quantitative estimate of drug-likeness (QED) is 0.804. The fourth-order valence-corrected chi connectivity index (χ4v) is 3.06. The number of nitrogens with one attached hydrogen (secondary N) is 2. The highest BCUT2D eigenvalue weighted by Gasteiger charge is 2.13. The Hall–Kier alpha value is -1.60. The predicted molar refractivity (Wildman–Crippen MR) is 87.3 cm³/mol. The zero-order valence-electron chi connectivity index (χ0n) is 13.1. The molecule has 1 aliphatic heterocycles. The number of amides is 1. The molecule has 1 aliphatic rings. The minimum absolute atomic E-state index is 0.125. The van der Waals surface area contributed by atoms with Gasteiger partial charge in [0.1, 0.15) is 0 Å². The van der Waals surface area contributed by atoms with Crippen LogP contribution in [-0.2, 0) is 27.8 Å². The van der Waals surface area contributed by atoms with Gasteiger partial charge in [-0.05, 0) is 30.0 Å². The SMILES string of the molecule is CN1CCCc2cc(CNC(=O)CCNS(C)(=O)=O)ccc21. The van der Waals surface area contributed by atoms with Crippen LogP contribution in [0.2, 0.25) is 0 Å². The van der Waals surface area contributed by atoms with Crippen molar-refractivity contribution in [3.63, 3.8) is 0 Å². The van der Waals surface area contributed by atoms with Crippen LogP contribution in [0.3, 0.4) is 0 Å². The van der Waals surface area contributed by atoms with Crippen LogP contribution in [0, 0.1) is 0 Å². The van der Waals surface area contributed by atoms with Gasteiger partial charge in [-0.3, -0.25) is 4.79 Å². The van der Waals surface area contributed by atoms with Crippen molar-refractivity contribution in [3.05, 3.63) is 29.3 Å². The molecule has 0 radical (unpaired) electrons. The van der Waals surface area contributed by atoms with Crippen LogP contribution in [0.1, 0.15) is 24.0 Å². The van der Waals surface area contributed by atoms with Crippen LogP contribution in [-0.4, -0.2) is 40.7 Å². The minimum Gasteiger partial charge on any atom is -0.374 e. The lowest BCUT2D eigenvalue weighted by Gasteiger charge is -2.27. The van der Waals surface area contributed by atoms with Crippen molar-refractivity contribution in [3.8, 4) is 0 Å². The van der Waals surface area contributed by atoms with E-state index >= 15 is 0 Å². The van der Waals surface area contributed by atoms with Gasteiger partial charge in [-0.2, -0.15) is 0 Å². The Labute approximate surface area is 131 Å². The molecule has 0 unspecified atom stereocenters. The summed E-state index contributed by atoms with van der Waals surface area (Å²) in [5.74, 6) is -0.161. The molecule has 0 saturated carbocycles. The van der Waals surface area contributed by atoms with E-state index in [-0.39, 0.29) is 18.9 Å². The molecule has 122 valence electrons. The maximum Gasteiger partial charge on any atom is 0.221 e. The molecule has 0 aromatic heterocycles. The third-order valence-electron chi connectivity index (χ3n) is 3.70. The molecule has 0 bridgehead atoms. The number of hydrogen-bond acceptors (Lipinski definition) is 4. The lowest BCUT2D eigenvalue weighted by atomic mass is 9.99. The Morgan fingerprint density at radius 3 is 2.86 bits per heavy atom. The number of carbonyl (C=O) groups excluding carboxylic acids is 1. The summed E-state index contributed by atoms with van der Waals surface area (Å²) in [4.78, 5) is 13.9. The number of benzene rings is 1. The lowest BCUT2D eigenvalue weighted by molar-refractivity contribution is -0.121. The molecule has 0 aliphatic carbocycles. The van der Waals surface area contributed by atoms with Crippen molar-refractivity contribution in [2.45, 2.75) is 25.8 Å². The van der Waals surface area contributed by atoms with Crippen molar-refractivity contribution < 1.29 is 13.2 Å². The summed E-state index contributed by atoms with van der Waals surface area (Å²) >= 11 is 0. The van der Waals surface area contributed by atoms with Gasteiger partial charge < -0.3 is 10.2 Å². The first-order valence-electron chi connectivity index (χ1n) is 7.39. The largest absolute Gasteiger partial charge is 0.374 e. The van der Waals surface area contributed by atoms with Crippen LogP contribution in [0.4, 0.5) is 5.69 Å². The van der Waals surface area contributed by atoms with E-state index in [2.05, 4.69) is 34.1 Å². The van der Waals surface area contributed by atoms with Crippen molar-refractivity contribution >= 4 is 21.6 Å². The van der Waals surface area contributed by atoms with Crippen LogP contribution in [0.25, 0.3) is 0 Å². The first-order chi connectivity index (χ1) is 10.3. The Bertz CT molecular complexity index is 643. The van der Waals surface area contributed by atoms with Gasteiger partial charge in [0.05, 0.1) is 6.26 Å². The first kappa shape index (κ1) is 16.8. The molecule has 1 aromatic rings. The van der Waals surface area contributed by atoms with Gasteiger partial charge in [0.15, 0.2) is 0 Å². The number of sulfonamides is 1. The van der Waals surface area contributed by atoms with E-state index in [1.54, 1.807) is 0 Å². The topological polar surface area (TPSA) is 78.5 Å². The van der Waals surface area contributed by atoms with Crippen molar-refractivity contribution in [1.82, 2.24) is 10.0 Å². The number of hydrogen-bond donors (Lipinski definition) is 2. The van der Waals surface area contributed by atoms with Gasteiger partial charge in [-0.25, -0.2) is 13.1 Å².